The van der Waals surface area contributed by atoms with Gasteiger partial charge in [0.1, 0.15) is 5.75 Å². The van der Waals surface area contributed by atoms with E-state index in [4.69, 9.17) is 14.2 Å². The second kappa shape index (κ2) is 12.2. The first kappa shape index (κ1) is 23.7. The molecule has 0 radical (unpaired) electrons. The highest BCUT2D eigenvalue weighted by Gasteiger charge is 2.15. The summed E-state index contributed by atoms with van der Waals surface area (Å²) in [6.07, 6.45) is 2.96. The minimum atomic E-state index is 0.389. The molecule has 3 aromatic rings. The van der Waals surface area contributed by atoms with Crippen LogP contribution >= 0.6 is 0 Å². The zero-order chi connectivity index (χ0) is 22.8. The monoisotopic (exact) mass is 433 g/mol. The van der Waals surface area contributed by atoms with Gasteiger partial charge in [0, 0.05) is 18.0 Å². The Labute approximate surface area is 192 Å². The van der Waals surface area contributed by atoms with E-state index in [0.717, 1.165) is 42.9 Å². The number of aryl methyl sites for hydroxylation is 1. The van der Waals surface area contributed by atoms with E-state index in [1.807, 2.05) is 12.1 Å². The molecule has 170 valence electrons. The minimum absolute atomic E-state index is 0.389. The van der Waals surface area contributed by atoms with Crippen molar-refractivity contribution in [2.45, 2.75) is 38.1 Å². The molecule has 0 unspecified atom stereocenters. The van der Waals surface area contributed by atoms with Gasteiger partial charge in [-0.05, 0) is 55.5 Å². The van der Waals surface area contributed by atoms with Gasteiger partial charge < -0.3 is 19.5 Å². The van der Waals surface area contributed by atoms with Crippen molar-refractivity contribution >= 4 is 0 Å². The molecule has 1 atom stereocenters. The van der Waals surface area contributed by atoms with Crippen molar-refractivity contribution in [1.29, 1.82) is 0 Å². The van der Waals surface area contributed by atoms with E-state index in [1.54, 1.807) is 21.3 Å². The van der Waals surface area contributed by atoms with E-state index in [-0.39, 0.29) is 0 Å². The van der Waals surface area contributed by atoms with Crippen LogP contribution in [0.2, 0.25) is 0 Å². The average molecular weight is 434 g/mol. The zero-order valence-corrected chi connectivity index (χ0v) is 19.6. The van der Waals surface area contributed by atoms with Crippen molar-refractivity contribution in [1.82, 2.24) is 5.32 Å². The lowest BCUT2D eigenvalue weighted by Crippen LogP contribution is -2.28. The fourth-order valence-electron chi connectivity index (χ4n) is 4.13. The number of ether oxygens (including phenoxy) is 3. The lowest BCUT2D eigenvalue weighted by Gasteiger charge is -2.21. The Morgan fingerprint density at radius 3 is 1.75 bits per heavy atom. The number of nitrogens with one attached hydrogen (secondary N) is 1. The normalized spacial score (nSPS) is 11.9. The van der Waals surface area contributed by atoms with Crippen molar-refractivity contribution in [3.05, 3.63) is 89.5 Å². The molecule has 0 aliphatic rings. The molecule has 0 amide bonds. The predicted molar refractivity (Wildman–Crippen MR) is 131 cm³/mol. The molecule has 1 N–H and O–H groups in total. The van der Waals surface area contributed by atoms with Gasteiger partial charge in [-0.1, -0.05) is 60.7 Å². The number of methoxy groups -OCH3 is 3. The van der Waals surface area contributed by atoms with Gasteiger partial charge in [-0.15, -0.1) is 0 Å². The first-order valence-corrected chi connectivity index (χ1v) is 11.3. The fraction of sp³-hybridized carbons (Fsp3) is 0.357. The summed E-state index contributed by atoms with van der Waals surface area (Å²) in [6, 6.07) is 25.9. The maximum Gasteiger partial charge on any atom is 0.164 e. The molecule has 3 aromatic carbocycles. The molecule has 0 spiro atoms. The number of hydrogen-bond acceptors (Lipinski definition) is 4. The lowest BCUT2D eigenvalue weighted by molar-refractivity contribution is 0.347. The Bertz CT molecular complexity index is 904. The van der Waals surface area contributed by atoms with Crippen molar-refractivity contribution in [3.63, 3.8) is 0 Å². The molecule has 0 fully saturated rings. The predicted octanol–water partition coefficient (Wildman–Crippen LogP) is 5.85. The standard InChI is InChI=1S/C28H35NO3/c1-21(15-16-24-19-27(31-3)28(32-4)20-26(24)30-2)29-18-17-25(22-11-7-5-8-12-22)23-13-9-6-10-14-23/h5-14,19-21,25,29H,15-18H2,1-4H3/t21-/m1/s1. The van der Waals surface area contributed by atoms with Crippen LogP contribution in [0.25, 0.3) is 0 Å². The highest BCUT2D eigenvalue weighted by Crippen LogP contribution is 2.35. The summed E-state index contributed by atoms with van der Waals surface area (Å²) in [5.41, 5.74) is 3.86. The van der Waals surface area contributed by atoms with Crippen LogP contribution in [-0.2, 0) is 6.42 Å². The zero-order valence-electron chi connectivity index (χ0n) is 19.6. The average Bonchev–Trinajstić information content (AvgIpc) is 2.85. The van der Waals surface area contributed by atoms with Gasteiger partial charge >= 0.3 is 0 Å². The Morgan fingerprint density at radius 1 is 0.688 bits per heavy atom. The van der Waals surface area contributed by atoms with Gasteiger partial charge in [-0.25, -0.2) is 0 Å². The SMILES string of the molecule is COc1cc(OC)c(OC)cc1CC[C@@H](C)NCCC(c1ccccc1)c1ccccc1. The van der Waals surface area contributed by atoms with Crippen molar-refractivity contribution in [3.8, 4) is 17.2 Å². The smallest absolute Gasteiger partial charge is 0.164 e. The van der Waals surface area contributed by atoms with Gasteiger partial charge in [0.05, 0.1) is 21.3 Å². The van der Waals surface area contributed by atoms with Gasteiger partial charge in [0.25, 0.3) is 0 Å². The van der Waals surface area contributed by atoms with E-state index >= 15 is 0 Å². The molecule has 0 bridgehead atoms. The Hall–Kier alpha value is -2.98. The van der Waals surface area contributed by atoms with Gasteiger partial charge in [0.15, 0.2) is 11.5 Å². The summed E-state index contributed by atoms with van der Waals surface area (Å²) in [6.45, 7) is 3.20. The molecular formula is C28H35NO3. The largest absolute Gasteiger partial charge is 0.496 e. The van der Waals surface area contributed by atoms with E-state index in [9.17, 15) is 0 Å². The van der Waals surface area contributed by atoms with Gasteiger partial charge in [0.2, 0.25) is 0 Å². The molecule has 0 saturated heterocycles. The molecule has 4 nitrogen and oxygen atoms in total. The second-order valence-corrected chi connectivity index (χ2v) is 8.08. The van der Waals surface area contributed by atoms with Crippen molar-refractivity contribution in [2.24, 2.45) is 0 Å². The van der Waals surface area contributed by atoms with Crippen LogP contribution in [0.15, 0.2) is 72.8 Å². The first-order valence-electron chi connectivity index (χ1n) is 11.3. The van der Waals surface area contributed by atoms with E-state index in [0.29, 0.717) is 17.7 Å². The maximum absolute atomic E-state index is 5.57. The van der Waals surface area contributed by atoms with Gasteiger partial charge in [-0.2, -0.15) is 0 Å². The molecule has 3 rings (SSSR count). The Balaban J connectivity index is 1.58. The van der Waals surface area contributed by atoms with Crippen LogP contribution in [0.3, 0.4) is 0 Å². The molecule has 0 heterocycles. The highest BCUT2D eigenvalue weighted by molar-refractivity contribution is 5.50. The molecular weight excluding hydrogens is 398 g/mol. The molecule has 4 heteroatoms. The third-order valence-electron chi connectivity index (χ3n) is 5.96. The van der Waals surface area contributed by atoms with Crippen LogP contribution in [0.4, 0.5) is 0 Å². The van der Waals surface area contributed by atoms with Gasteiger partial charge in [-0.3, -0.25) is 0 Å². The minimum Gasteiger partial charge on any atom is -0.496 e. The molecule has 0 saturated carbocycles. The van der Waals surface area contributed by atoms with Crippen LogP contribution in [0.5, 0.6) is 17.2 Å². The lowest BCUT2D eigenvalue weighted by atomic mass is 9.88. The van der Waals surface area contributed by atoms with Crippen LogP contribution in [0, 0.1) is 0 Å². The third-order valence-corrected chi connectivity index (χ3v) is 5.96. The van der Waals surface area contributed by atoms with E-state index in [2.05, 4.69) is 72.9 Å². The summed E-state index contributed by atoms with van der Waals surface area (Å²) in [7, 11) is 5.00. The van der Waals surface area contributed by atoms with E-state index < -0.39 is 0 Å². The Morgan fingerprint density at radius 2 is 1.22 bits per heavy atom. The second-order valence-electron chi connectivity index (χ2n) is 8.08. The maximum atomic E-state index is 5.57. The number of hydrogen-bond donors (Lipinski definition) is 1. The quantitative estimate of drug-likeness (QED) is 0.389. The third kappa shape index (κ3) is 6.27. The molecule has 0 aliphatic heterocycles. The van der Waals surface area contributed by atoms with Crippen molar-refractivity contribution in [2.75, 3.05) is 27.9 Å². The number of benzene rings is 3. The fourth-order valence-corrected chi connectivity index (χ4v) is 4.13. The first-order chi connectivity index (χ1) is 15.7. The topological polar surface area (TPSA) is 39.7 Å². The summed E-state index contributed by atoms with van der Waals surface area (Å²) in [4.78, 5) is 0. The van der Waals surface area contributed by atoms with E-state index in [1.165, 1.54) is 11.1 Å². The Kier molecular flexibility index (Phi) is 9.00. The summed E-state index contributed by atoms with van der Waals surface area (Å²) < 4.78 is 16.4. The molecule has 32 heavy (non-hydrogen) atoms. The molecule has 0 aliphatic carbocycles. The summed E-state index contributed by atoms with van der Waals surface area (Å²) in [5.74, 6) is 2.65. The van der Waals surface area contributed by atoms with Crippen LogP contribution in [0.1, 0.15) is 42.4 Å². The van der Waals surface area contributed by atoms with Crippen LogP contribution in [-0.4, -0.2) is 33.9 Å². The summed E-state index contributed by atoms with van der Waals surface area (Å²) in [5, 5.41) is 3.71. The summed E-state index contributed by atoms with van der Waals surface area (Å²) >= 11 is 0. The highest BCUT2D eigenvalue weighted by atomic mass is 16.5. The molecule has 0 aromatic heterocycles. The van der Waals surface area contributed by atoms with Crippen molar-refractivity contribution < 1.29 is 14.2 Å². The number of rotatable bonds is 12. The van der Waals surface area contributed by atoms with Crippen LogP contribution < -0.4 is 19.5 Å².